The number of hydrogen-bond donors (Lipinski definition) is 2. The molecule has 12 nitrogen and oxygen atoms in total. The number of anilines is 4. The van der Waals surface area contributed by atoms with Gasteiger partial charge in [-0.15, -0.1) is 0 Å². The van der Waals surface area contributed by atoms with E-state index in [1.54, 1.807) is 24.3 Å². The second-order valence-electron chi connectivity index (χ2n) is 13.1. The number of rotatable bonds is 6. The van der Waals surface area contributed by atoms with Crippen LogP contribution in [0, 0.1) is 0 Å². The Hall–Kier alpha value is -4.29. The quantitative estimate of drug-likeness (QED) is 0.413. The number of hydrogen-bond acceptors (Lipinski definition) is 9. The van der Waals surface area contributed by atoms with Crippen LogP contribution in [0.15, 0.2) is 48.5 Å². The Labute approximate surface area is 270 Å². The minimum absolute atomic E-state index is 0.0168. The first-order chi connectivity index (χ1) is 22.3. The average molecular weight is 626 g/mol. The van der Waals surface area contributed by atoms with Crippen molar-refractivity contribution in [3.8, 4) is 11.4 Å². The number of morpholine rings is 1. The van der Waals surface area contributed by atoms with E-state index in [-0.39, 0.29) is 24.1 Å². The minimum atomic E-state index is -0.366. The number of carbonyl (C=O) groups excluding carboxylic acids is 2. The maximum absolute atomic E-state index is 12.8. The molecule has 3 aromatic rings. The third kappa shape index (κ3) is 6.50. The largest absolute Gasteiger partial charge is 0.371 e. The summed E-state index contributed by atoms with van der Waals surface area (Å²) in [5.41, 5.74) is 2.72. The molecule has 0 radical (unpaired) electrons. The van der Waals surface area contributed by atoms with Crippen molar-refractivity contribution in [1.82, 2.24) is 24.8 Å². The summed E-state index contributed by atoms with van der Waals surface area (Å²) in [5.74, 6) is 2.05. The lowest BCUT2D eigenvalue weighted by Gasteiger charge is -2.33. The van der Waals surface area contributed by atoms with Crippen molar-refractivity contribution >= 4 is 35.2 Å². The van der Waals surface area contributed by atoms with E-state index in [2.05, 4.69) is 46.2 Å². The van der Waals surface area contributed by atoms with Crippen molar-refractivity contribution in [2.45, 2.75) is 63.8 Å². The molecule has 0 spiro atoms. The molecular weight excluding hydrogens is 582 g/mol. The number of likely N-dealkylation sites (N-methyl/N-ethyl adjacent to an activating group) is 1. The zero-order chi connectivity index (χ0) is 31.8. The summed E-state index contributed by atoms with van der Waals surface area (Å²) < 4.78 is 6.07. The molecule has 7 rings (SSSR count). The predicted octanol–water partition coefficient (Wildman–Crippen LogP) is 4.32. The van der Waals surface area contributed by atoms with Gasteiger partial charge >= 0.3 is 6.03 Å². The molecule has 3 amide bonds. The van der Waals surface area contributed by atoms with Gasteiger partial charge < -0.3 is 35.0 Å². The summed E-state index contributed by atoms with van der Waals surface area (Å²) in [6, 6.07) is 14.9. The molecule has 2 aromatic carbocycles. The van der Waals surface area contributed by atoms with Crippen molar-refractivity contribution in [2.75, 3.05) is 66.7 Å². The van der Waals surface area contributed by atoms with Gasteiger partial charge in [-0.3, -0.25) is 4.79 Å². The molecule has 2 N–H and O–H groups in total. The van der Waals surface area contributed by atoms with Gasteiger partial charge in [-0.25, -0.2) is 4.79 Å². The normalized spacial score (nSPS) is 24.7. The van der Waals surface area contributed by atoms with E-state index in [0.29, 0.717) is 46.7 Å². The van der Waals surface area contributed by atoms with Gasteiger partial charge in [0, 0.05) is 73.9 Å². The van der Waals surface area contributed by atoms with Gasteiger partial charge in [0.25, 0.3) is 5.91 Å². The number of ether oxygens (including phenoxy) is 1. The van der Waals surface area contributed by atoms with Crippen LogP contribution in [-0.2, 0) is 4.74 Å². The highest BCUT2D eigenvalue weighted by Gasteiger charge is 2.36. The van der Waals surface area contributed by atoms with Crippen LogP contribution in [0.1, 0.15) is 49.9 Å². The standard InChI is InChI=1S/C34H43N9O3/c1-22-4-5-23(2)43(22)33-38-30(37-32(39-33)42-20-28-14-15-29(21-42)46-28)24-6-10-26(11-7-24)35-34(45)36-27-12-8-25(9-13-27)31(44)41-18-16-40(3)17-19-41/h6-13,22-23,28-29H,4-5,14-21H2,1-3H3,(H2,35,36,45)/t22-,23+,28?,29?. The number of piperazine rings is 1. The van der Waals surface area contributed by atoms with Crippen LogP contribution in [0.5, 0.6) is 0 Å². The minimum Gasteiger partial charge on any atom is -0.371 e. The molecule has 2 bridgehead atoms. The van der Waals surface area contributed by atoms with Gasteiger partial charge in [-0.05, 0) is 95.1 Å². The Bertz CT molecular complexity index is 1540. The fourth-order valence-electron chi connectivity index (χ4n) is 6.99. The highest BCUT2D eigenvalue weighted by molar-refractivity contribution is 6.00. The van der Waals surface area contributed by atoms with E-state index < -0.39 is 0 Å². The molecule has 0 aliphatic carbocycles. The summed E-state index contributed by atoms with van der Waals surface area (Å²) in [6.45, 7) is 9.23. The van der Waals surface area contributed by atoms with Crippen LogP contribution in [0.2, 0.25) is 0 Å². The van der Waals surface area contributed by atoms with Gasteiger partial charge in [0.05, 0.1) is 12.2 Å². The number of nitrogens with one attached hydrogen (secondary N) is 2. The van der Waals surface area contributed by atoms with Crippen molar-refractivity contribution < 1.29 is 14.3 Å². The van der Waals surface area contributed by atoms with Crippen LogP contribution in [-0.4, -0.2) is 107 Å². The monoisotopic (exact) mass is 625 g/mol. The van der Waals surface area contributed by atoms with Crippen molar-refractivity contribution in [3.63, 3.8) is 0 Å². The molecule has 4 saturated heterocycles. The second-order valence-corrected chi connectivity index (χ2v) is 13.1. The number of carbonyl (C=O) groups is 2. The fourth-order valence-corrected chi connectivity index (χ4v) is 6.99. The Morgan fingerprint density at radius 2 is 1.30 bits per heavy atom. The first-order valence-corrected chi connectivity index (χ1v) is 16.5. The SMILES string of the molecule is C[C@@H]1CC[C@H](C)N1c1nc(-c2ccc(NC(=O)Nc3ccc(C(=O)N4CCN(C)CC4)cc3)cc2)nc(N2CC3CCC(C2)O3)n1. The zero-order valence-corrected chi connectivity index (χ0v) is 26.9. The first kappa shape index (κ1) is 30.4. The van der Waals surface area contributed by atoms with E-state index in [9.17, 15) is 9.59 Å². The number of amides is 3. The second kappa shape index (κ2) is 12.8. The predicted molar refractivity (Wildman–Crippen MR) is 178 cm³/mol. The third-order valence-corrected chi connectivity index (χ3v) is 9.70. The summed E-state index contributed by atoms with van der Waals surface area (Å²) in [6.07, 6.45) is 4.84. The first-order valence-electron chi connectivity index (χ1n) is 16.5. The van der Waals surface area contributed by atoms with E-state index >= 15 is 0 Å². The van der Waals surface area contributed by atoms with Gasteiger partial charge in [-0.2, -0.15) is 15.0 Å². The van der Waals surface area contributed by atoms with Crippen LogP contribution in [0.25, 0.3) is 11.4 Å². The lowest BCUT2D eigenvalue weighted by molar-refractivity contribution is 0.0299. The summed E-state index contributed by atoms with van der Waals surface area (Å²) in [5, 5.41) is 5.75. The number of nitrogens with zero attached hydrogens (tertiary/aromatic N) is 7. The Morgan fingerprint density at radius 3 is 1.91 bits per heavy atom. The number of benzene rings is 2. The van der Waals surface area contributed by atoms with Gasteiger partial charge in [0.2, 0.25) is 11.9 Å². The van der Waals surface area contributed by atoms with E-state index in [1.807, 2.05) is 29.2 Å². The topological polar surface area (TPSA) is 119 Å². The summed E-state index contributed by atoms with van der Waals surface area (Å²) >= 11 is 0. The molecule has 0 saturated carbocycles. The smallest absolute Gasteiger partial charge is 0.323 e. The highest BCUT2D eigenvalue weighted by atomic mass is 16.5. The molecule has 1 aromatic heterocycles. The molecule has 46 heavy (non-hydrogen) atoms. The molecule has 4 atom stereocenters. The molecule has 242 valence electrons. The van der Waals surface area contributed by atoms with Crippen LogP contribution in [0.4, 0.5) is 28.1 Å². The van der Waals surface area contributed by atoms with Crippen molar-refractivity contribution in [3.05, 3.63) is 54.1 Å². The molecular formula is C34H43N9O3. The van der Waals surface area contributed by atoms with Gasteiger partial charge in [0.1, 0.15) is 0 Å². The Morgan fingerprint density at radius 1 is 0.739 bits per heavy atom. The van der Waals surface area contributed by atoms with Gasteiger partial charge in [-0.1, -0.05) is 0 Å². The Kier molecular flexibility index (Phi) is 8.48. The summed E-state index contributed by atoms with van der Waals surface area (Å²) in [7, 11) is 2.06. The molecule has 4 fully saturated rings. The maximum atomic E-state index is 12.8. The fraction of sp³-hybridized carbons (Fsp3) is 0.500. The van der Waals surface area contributed by atoms with Crippen LogP contribution in [0.3, 0.4) is 0 Å². The Balaban J connectivity index is 1.03. The average Bonchev–Trinajstić information content (AvgIpc) is 3.59. The molecule has 5 heterocycles. The number of fused-ring (bicyclic) bond motifs is 2. The van der Waals surface area contributed by atoms with E-state index in [4.69, 9.17) is 19.7 Å². The molecule has 12 heteroatoms. The molecule has 4 aliphatic rings. The molecule has 2 unspecified atom stereocenters. The van der Waals surface area contributed by atoms with E-state index in [1.165, 1.54) is 0 Å². The van der Waals surface area contributed by atoms with E-state index in [0.717, 1.165) is 70.5 Å². The van der Waals surface area contributed by atoms with Gasteiger partial charge in [0.15, 0.2) is 5.82 Å². The van der Waals surface area contributed by atoms with Crippen molar-refractivity contribution in [2.24, 2.45) is 0 Å². The maximum Gasteiger partial charge on any atom is 0.323 e. The molecule has 4 aliphatic heterocycles. The zero-order valence-electron chi connectivity index (χ0n) is 26.9. The number of urea groups is 1. The van der Waals surface area contributed by atoms with Crippen molar-refractivity contribution in [1.29, 1.82) is 0 Å². The third-order valence-electron chi connectivity index (χ3n) is 9.70. The lowest BCUT2D eigenvalue weighted by Crippen LogP contribution is -2.47. The summed E-state index contributed by atoms with van der Waals surface area (Å²) in [4.78, 5) is 49.2. The lowest BCUT2D eigenvalue weighted by atomic mass is 10.1. The van der Waals surface area contributed by atoms with Crippen LogP contribution >= 0.6 is 0 Å². The highest BCUT2D eigenvalue weighted by Crippen LogP contribution is 2.33. The van der Waals surface area contributed by atoms with Crippen LogP contribution < -0.4 is 20.4 Å². The number of aromatic nitrogens is 3.